The van der Waals surface area contributed by atoms with Crippen molar-refractivity contribution in [1.29, 1.82) is 0 Å². The second kappa shape index (κ2) is 6.89. The summed E-state index contributed by atoms with van der Waals surface area (Å²) in [6.45, 7) is 10.7. The number of aryl methyl sites for hydroxylation is 2. The van der Waals surface area contributed by atoms with E-state index < -0.39 is 5.41 Å². The van der Waals surface area contributed by atoms with Gasteiger partial charge >= 0.3 is 0 Å². The number of hydrogen-bond donors (Lipinski definition) is 2. The minimum atomic E-state index is -0.437. The van der Waals surface area contributed by atoms with E-state index in [-0.39, 0.29) is 11.9 Å². The fraction of sp³-hybridized carbons (Fsp3) is 0.588. The molecular weight excluding hydrogens is 248 g/mol. The lowest BCUT2D eigenvalue weighted by Gasteiger charge is -2.30. The van der Waals surface area contributed by atoms with E-state index in [1.54, 1.807) is 0 Å². The highest BCUT2D eigenvalue weighted by atomic mass is 16.2. The number of nitrogens with one attached hydrogen (secondary N) is 1. The summed E-state index contributed by atoms with van der Waals surface area (Å²) < 4.78 is 0. The molecule has 0 radical (unpaired) electrons. The van der Waals surface area contributed by atoms with Crippen LogP contribution < -0.4 is 11.1 Å². The van der Waals surface area contributed by atoms with E-state index in [4.69, 9.17) is 5.73 Å². The topological polar surface area (TPSA) is 55.1 Å². The zero-order valence-corrected chi connectivity index (χ0v) is 13.4. The number of carbonyl (C=O) groups is 1. The molecule has 112 valence electrons. The zero-order valence-electron chi connectivity index (χ0n) is 13.4. The molecule has 1 amide bonds. The maximum absolute atomic E-state index is 12.5. The molecule has 3 heteroatoms. The SMILES string of the molecule is CCC(CC)(CN)C(=O)NC(C)c1ccc(C)c(C)c1. The molecule has 1 aromatic carbocycles. The first-order chi connectivity index (χ1) is 9.40. The highest BCUT2D eigenvalue weighted by Gasteiger charge is 2.34. The Morgan fingerprint density at radius 3 is 2.30 bits per heavy atom. The second-order valence-corrected chi connectivity index (χ2v) is 5.73. The third kappa shape index (κ3) is 3.40. The Balaban J connectivity index is 2.86. The summed E-state index contributed by atoms with van der Waals surface area (Å²) in [7, 11) is 0. The Labute approximate surface area is 122 Å². The molecule has 0 heterocycles. The summed E-state index contributed by atoms with van der Waals surface area (Å²) >= 11 is 0. The van der Waals surface area contributed by atoms with Crippen molar-refractivity contribution in [1.82, 2.24) is 5.32 Å². The van der Waals surface area contributed by atoms with Crippen molar-refractivity contribution in [2.75, 3.05) is 6.54 Å². The van der Waals surface area contributed by atoms with Gasteiger partial charge in [-0.25, -0.2) is 0 Å². The van der Waals surface area contributed by atoms with Gasteiger partial charge in [0.2, 0.25) is 5.91 Å². The minimum absolute atomic E-state index is 0.00539. The average Bonchev–Trinajstić information content (AvgIpc) is 2.44. The van der Waals surface area contributed by atoms with Crippen molar-refractivity contribution >= 4 is 5.91 Å². The van der Waals surface area contributed by atoms with Crippen LogP contribution in [0.25, 0.3) is 0 Å². The molecule has 3 nitrogen and oxygen atoms in total. The molecule has 1 aromatic rings. The van der Waals surface area contributed by atoms with E-state index in [1.165, 1.54) is 11.1 Å². The van der Waals surface area contributed by atoms with Crippen LogP contribution in [-0.2, 0) is 4.79 Å². The van der Waals surface area contributed by atoms with Crippen LogP contribution in [-0.4, -0.2) is 12.5 Å². The molecule has 20 heavy (non-hydrogen) atoms. The first-order valence-corrected chi connectivity index (χ1v) is 7.48. The number of nitrogens with two attached hydrogens (primary N) is 1. The third-order valence-corrected chi connectivity index (χ3v) is 4.60. The number of rotatable bonds is 6. The van der Waals surface area contributed by atoms with Gasteiger partial charge in [0.15, 0.2) is 0 Å². The van der Waals surface area contributed by atoms with Gasteiger partial charge in [-0.05, 0) is 50.3 Å². The maximum Gasteiger partial charge on any atom is 0.227 e. The fourth-order valence-electron chi connectivity index (χ4n) is 2.42. The smallest absolute Gasteiger partial charge is 0.227 e. The van der Waals surface area contributed by atoms with Crippen LogP contribution in [0.3, 0.4) is 0 Å². The molecule has 0 aliphatic carbocycles. The standard InChI is InChI=1S/C17H28N2O/c1-6-17(7-2,11-18)16(20)19-14(5)15-9-8-12(3)13(4)10-15/h8-10,14H,6-7,11,18H2,1-5H3,(H,19,20). The van der Waals surface area contributed by atoms with E-state index in [1.807, 2.05) is 20.8 Å². The van der Waals surface area contributed by atoms with Crippen molar-refractivity contribution < 1.29 is 4.79 Å². The van der Waals surface area contributed by atoms with Crippen LogP contribution in [0.4, 0.5) is 0 Å². The fourth-order valence-corrected chi connectivity index (χ4v) is 2.42. The van der Waals surface area contributed by atoms with Crippen molar-refractivity contribution in [2.24, 2.45) is 11.1 Å². The van der Waals surface area contributed by atoms with E-state index in [0.717, 1.165) is 18.4 Å². The van der Waals surface area contributed by atoms with Gasteiger partial charge < -0.3 is 11.1 Å². The molecule has 0 aliphatic rings. The Bertz CT molecular complexity index is 456. The van der Waals surface area contributed by atoms with Crippen LogP contribution in [0.15, 0.2) is 18.2 Å². The van der Waals surface area contributed by atoms with Gasteiger partial charge in [-0.2, -0.15) is 0 Å². The largest absolute Gasteiger partial charge is 0.349 e. The van der Waals surface area contributed by atoms with Crippen molar-refractivity contribution in [3.05, 3.63) is 34.9 Å². The molecule has 1 atom stereocenters. The summed E-state index contributed by atoms with van der Waals surface area (Å²) in [6, 6.07) is 6.33. The van der Waals surface area contributed by atoms with E-state index in [9.17, 15) is 4.79 Å². The van der Waals surface area contributed by atoms with Gasteiger partial charge in [0.25, 0.3) is 0 Å². The Kier molecular flexibility index (Phi) is 5.75. The van der Waals surface area contributed by atoms with Crippen LogP contribution in [0, 0.1) is 19.3 Å². The predicted octanol–water partition coefficient (Wildman–Crippen LogP) is 3.25. The lowest BCUT2D eigenvalue weighted by molar-refractivity contribution is -0.131. The minimum Gasteiger partial charge on any atom is -0.349 e. The van der Waals surface area contributed by atoms with Crippen LogP contribution >= 0.6 is 0 Å². The number of benzene rings is 1. The Hall–Kier alpha value is -1.35. The lowest BCUT2D eigenvalue weighted by Crippen LogP contribution is -2.46. The number of hydrogen-bond acceptors (Lipinski definition) is 2. The molecule has 0 spiro atoms. The van der Waals surface area contributed by atoms with Gasteiger partial charge in [0, 0.05) is 6.54 Å². The first-order valence-electron chi connectivity index (χ1n) is 7.48. The predicted molar refractivity (Wildman–Crippen MR) is 84.5 cm³/mol. The van der Waals surface area contributed by atoms with Crippen LogP contribution in [0.1, 0.15) is 56.3 Å². The van der Waals surface area contributed by atoms with Gasteiger partial charge in [-0.3, -0.25) is 4.79 Å². The number of carbonyl (C=O) groups excluding carboxylic acids is 1. The highest BCUT2D eigenvalue weighted by molar-refractivity contribution is 5.83. The summed E-state index contributed by atoms with van der Waals surface area (Å²) in [5.74, 6) is 0.0655. The molecule has 3 N–H and O–H groups in total. The van der Waals surface area contributed by atoms with Gasteiger partial charge in [0.05, 0.1) is 11.5 Å². The maximum atomic E-state index is 12.5. The van der Waals surface area contributed by atoms with Gasteiger partial charge in [0.1, 0.15) is 0 Å². The van der Waals surface area contributed by atoms with E-state index in [2.05, 4.69) is 37.4 Å². The monoisotopic (exact) mass is 276 g/mol. The van der Waals surface area contributed by atoms with Gasteiger partial charge in [-0.15, -0.1) is 0 Å². The zero-order chi connectivity index (χ0) is 15.3. The quantitative estimate of drug-likeness (QED) is 0.838. The molecule has 1 rings (SSSR count). The summed E-state index contributed by atoms with van der Waals surface area (Å²) in [5, 5.41) is 3.12. The van der Waals surface area contributed by atoms with Crippen molar-refractivity contribution in [3.8, 4) is 0 Å². The molecule has 0 aromatic heterocycles. The Morgan fingerprint density at radius 1 is 1.25 bits per heavy atom. The number of amides is 1. The lowest BCUT2D eigenvalue weighted by atomic mass is 9.81. The normalized spacial score (nSPS) is 13.1. The molecule has 0 fully saturated rings. The summed E-state index contributed by atoms with van der Waals surface area (Å²) in [4.78, 5) is 12.5. The Morgan fingerprint density at radius 2 is 1.85 bits per heavy atom. The van der Waals surface area contributed by atoms with Gasteiger partial charge in [-0.1, -0.05) is 32.0 Å². The van der Waals surface area contributed by atoms with E-state index in [0.29, 0.717) is 6.54 Å². The van der Waals surface area contributed by atoms with Crippen LogP contribution in [0.5, 0.6) is 0 Å². The summed E-state index contributed by atoms with van der Waals surface area (Å²) in [6.07, 6.45) is 1.54. The molecule has 0 saturated heterocycles. The third-order valence-electron chi connectivity index (χ3n) is 4.60. The highest BCUT2D eigenvalue weighted by Crippen LogP contribution is 2.27. The molecule has 1 unspecified atom stereocenters. The average molecular weight is 276 g/mol. The molecule has 0 saturated carbocycles. The van der Waals surface area contributed by atoms with E-state index >= 15 is 0 Å². The first kappa shape index (κ1) is 16.7. The van der Waals surface area contributed by atoms with Crippen LogP contribution in [0.2, 0.25) is 0 Å². The molecule has 0 bridgehead atoms. The molecule has 0 aliphatic heterocycles. The second-order valence-electron chi connectivity index (χ2n) is 5.73. The van der Waals surface area contributed by atoms with Crippen molar-refractivity contribution in [3.63, 3.8) is 0 Å². The van der Waals surface area contributed by atoms with Crippen molar-refractivity contribution in [2.45, 2.75) is 53.5 Å². The molecular formula is C17H28N2O. The summed E-state index contributed by atoms with van der Waals surface area (Å²) in [5.41, 5.74) is 9.05.